The molecule has 2 unspecified atom stereocenters. The van der Waals surface area contributed by atoms with Crippen LogP contribution in [0.3, 0.4) is 0 Å². The number of esters is 1. The van der Waals surface area contributed by atoms with Crippen molar-refractivity contribution >= 4 is 5.97 Å². The fraction of sp³-hybridized carbons (Fsp3) is 0.909. The van der Waals surface area contributed by atoms with Gasteiger partial charge in [-0.15, -0.1) is 0 Å². The Hall–Kier alpha value is -0.570. The minimum Gasteiger partial charge on any atom is -0.469 e. The van der Waals surface area contributed by atoms with Crippen molar-refractivity contribution in [2.24, 2.45) is 5.92 Å². The molecule has 0 radical (unpaired) electrons. The van der Waals surface area contributed by atoms with Crippen molar-refractivity contribution in [3.05, 3.63) is 0 Å². The second kappa shape index (κ2) is 6.82. The van der Waals surface area contributed by atoms with E-state index in [9.17, 15) is 4.79 Å². The fourth-order valence-electron chi connectivity index (χ4n) is 1.86. The van der Waals surface area contributed by atoms with Crippen LogP contribution in [0.1, 0.15) is 33.1 Å². The molecular weight excluding hydrogens is 178 g/mol. The zero-order valence-electron chi connectivity index (χ0n) is 10.0. The summed E-state index contributed by atoms with van der Waals surface area (Å²) >= 11 is 0. The topological polar surface area (TPSA) is 29.5 Å². The second-order valence-electron chi connectivity index (χ2n) is 3.86. The van der Waals surface area contributed by atoms with E-state index in [4.69, 9.17) is 4.74 Å². The van der Waals surface area contributed by atoms with E-state index < -0.39 is 0 Å². The van der Waals surface area contributed by atoms with E-state index in [0.717, 1.165) is 19.3 Å². The van der Waals surface area contributed by atoms with Crippen LogP contribution >= 0.6 is 0 Å². The van der Waals surface area contributed by atoms with Gasteiger partial charge in [-0.05, 0) is 26.9 Å². The van der Waals surface area contributed by atoms with Gasteiger partial charge in [0, 0.05) is 6.04 Å². The third-order valence-corrected chi connectivity index (χ3v) is 2.66. The Morgan fingerprint density at radius 2 is 1.93 bits per heavy atom. The number of methoxy groups -OCH3 is 1. The van der Waals surface area contributed by atoms with E-state index in [1.165, 1.54) is 7.11 Å². The third-order valence-electron chi connectivity index (χ3n) is 2.66. The quantitative estimate of drug-likeness (QED) is 0.615. The molecule has 0 heterocycles. The van der Waals surface area contributed by atoms with Crippen molar-refractivity contribution in [1.82, 2.24) is 4.90 Å². The Balaban J connectivity index is 4.49. The predicted octanol–water partition coefficient (Wildman–Crippen LogP) is 1.92. The van der Waals surface area contributed by atoms with Gasteiger partial charge < -0.3 is 9.64 Å². The fourth-order valence-corrected chi connectivity index (χ4v) is 1.86. The lowest BCUT2D eigenvalue weighted by Crippen LogP contribution is -2.39. The summed E-state index contributed by atoms with van der Waals surface area (Å²) in [5.41, 5.74) is 0. The third kappa shape index (κ3) is 3.66. The first-order chi connectivity index (χ1) is 6.58. The molecule has 0 spiro atoms. The smallest absolute Gasteiger partial charge is 0.310 e. The van der Waals surface area contributed by atoms with Crippen LogP contribution in [0.2, 0.25) is 0 Å². The van der Waals surface area contributed by atoms with Crippen molar-refractivity contribution in [1.29, 1.82) is 0 Å². The lowest BCUT2D eigenvalue weighted by atomic mass is 9.92. The number of rotatable bonds is 6. The highest BCUT2D eigenvalue weighted by atomic mass is 16.5. The average Bonchev–Trinajstić information content (AvgIpc) is 2.16. The molecule has 0 aliphatic carbocycles. The summed E-state index contributed by atoms with van der Waals surface area (Å²) < 4.78 is 4.82. The molecule has 84 valence electrons. The van der Waals surface area contributed by atoms with Gasteiger partial charge in [0.1, 0.15) is 0 Å². The first-order valence-electron chi connectivity index (χ1n) is 5.32. The van der Waals surface area contributed by atoms with Crippen molar-refractivity contribution in [3.63, 3.8) is 0 Å². The Morgan fingerprint density at radius 1 is 1.36 bits per heavy atom. The summed E-state index contributed by atoms with van der Waals surface area (Å²) in [6.45, 7) is 4.17. The van der Waals surface area contributed by atoms with Crippen LogP contribution in [0, 0.1) is 5.92 Å². The van der Waals surface area contributed by atoms with Crippen LogP contribution in [-0.2, 0) is 9.53 Å². The van der Waals surface area contributed by atoms with Crippen LogP contribution in [0.5, 0.6) is 0 Å². The van der Waals surface area contributed by atoms with E-state index in [-0.39, 0.29) is 11.9 Å². The number of hydrogen-bond donors (Lipinski definition) is 0. The van der Waals surface area contributed by atoms with Crippen molar-refractivity contribution in [2.45, 2.75) is 39.2 Å². The molecule has 0 aromatic heterocycles. The lowest BCUT2D eigenvalue weighted by molar-refractivity contribution is -0.148. The standard InChI is InChI=1S/C11H23NO2/c1-6-8-10(12(3)4)9(7-2)11(13)14-5/h9-10H,6-8H2,1-5H3. The zero-order valence-corrected chi connectivity index (χ0v) is 10.0. The summed E-state index contributed by atoms with van der Waals surface area (Å²) in [6, 6.07) is 0.303. The van der Waals surface area contributed by atoms with Gasteiger partial charge in [-0.25, -0.2) is 0 Å². The van der Waals surface area contributed by atoms with E-state index in [1.807, 2.05) is 21.0 Å². The molecule has 0 saturated heterocycles. The summed E-state index contributed by atoms with van der Waals surface area (Å²) in [4.78, 5) is 13.6. The number of carbonyl (C=O) groups is 1. The Labute approximate surface area is 87.4 Å². The average molecular weight is 201 g/mol. The molecule has 3 nitrogen and oxygen atoms in total. The highest BCUT2D eigenvalue weighted by Crippen LogP contribution is 2.19. The molecule has 0 N–H and O–H groups in total. The highest BCUT2D eigenvalue weighted by Gasteiger charge is 2.28. The van der Waals surface area contributed by atoms with Crippen LogP contribution in [0.15, 0.2) is 0 Å². The number of nitrogens with zero attached hydrogens (tertiary/aromatic N) is 1. The SMILES string of the molecule is CCCC(C(CC)C(=O)OC)N(C)C. The highest BCUT2D eigenvalue weighted by molar-refractivity contribution is 5.73. The van der Waals surface area contributed by atoms with Gasteiger partial charge in [0.2, 0.25) is 0 Å². The Morgan fingerprint density at radius 3 is 2.21 bits per heavy atom. The van der Waals surface area contributed by atoms with Gasteiger partial charge in [0.15, 0.2) is 0 Å². The minimum atomic E-state index is -0.0837. The second-order valence-corrected chi connectivity index (χ2v) is 3.86. The van der Waals surface area contributed by atoms with E-state index >= 15 is 0 Å². The number of carbonyl (C=O) groups excluding carboxylic acids is 1. The maximum atomic E-state index is 11.5. The molecule has 0 amide bonds. The first kappa shape index (κ1) is 13.4. The molecule has 0 aliphatic rings. The first-order valence-corrected chi connectivity index (χ1v) is 5.32. The number of ether oxygens (including phenoxy) is 1. The van der Waals surface area contributed by atoms with Gasteiger partial charge in [-0.2, -0.15) is 0 Å². The van der Waals surface area contributed by atoms with E-state index in [1.54, 1.807) is 0 Å². The molecule has 14 heavy (non-hydrogen) atoms. The van der Waals surface area contributed by atoms with Crippen LogP contribution in [0.25, 0.3) is 0 Å². The zero-order chi connectivity index (χ0) is 11.1. The largest absolute Gasteiger partial charge is 0.469 e. The predicted molar refractivity (Wildman–Crippen MR) is 58.2 cm³/mol. The molecule has 0 saturated carbocycles. The maximum absolute atomic E-state index is 11.5. The van der Waals surface area contributed by atoms with Gasteiger partial charge >= 0.3 is 5.97 Å². The van der Waals surface area contributed by atoms with E-state index in [0.29, 0.717) is 6.04 Å². The van der Waals surface area contributed by atoms with E-state index in [2.05, 4.69) is 11.8 Å². The van der Waals surface area contributed by atoms with Crippen LogP contribution in [-0.4, -0.2) is 38.1 Å². The Kier molecular flexibility index (Phi) is 6.54. The number of hydrogen-bond acceptors (Lipinski definition) is 3. The summed E-state index contributed by atoms with van der Waals surface area (Å²) in [6.07, 6.45) is 2.98. The van der Waals surface area contributed by atoms with Gasteiger partial charge in [0.05, 0.1) is 13.0 Å². The normalized spacial score (nSPS) is 15.3. The van der Waals surface area contributed by atoms with Crippen molar-refractivity contribution in [3.8, 4) is 0 Å². The lowest BCUT2D eigenvalue weighted by Gasteiger charge is -2.29. The van der Waals surface area contributed by atoms with Gasteiger partial charge in [0.25, 0.3) is 0 Å². The van der Waals surface area contributed by atoms with Crippen molar-refractivity contribution in [2.75, 3.05) is 21.2 Å². The summed E-state index contributed by atoms with van der Waals surface area (Å²) in [5.74, 6) is -0.0744. The molecular formula is C11H23NO2. The molecule has 3 heteroatoms. The van der Waals surface area contributed by atoms with Crippen LogP contribution < -0.4 is 0 Å². The monoisotopic (exact) mass is 201 g/mol. The summed E-state index contributed by atoms with van der Waals surface area (Å²) in [7, 11) is 5.50. The minimum absolute atomic E-state index is 0.00921. The Bertz CT molecular complexity index is 169. The molecule has 0 aromatic carbocycles. The molecule has 0 aromatic rings. The molecule has 0 aliphatic heterocycles. The van der Waals surface area contributed by atoms with Gasteiger partial charge in [-0.3, -0.25) is 4.79 Å². The van der Waals surface area contributed by atoms with Gasteiger partial charge in [-0.1, -0.05) is 20.3 Å². The molecule has 0 bridgehead atoms. The maximum Gasteiger partial charge on any atom is 0.310 e. The molecule has 2 atom stereocenters. The van der Waals surface area contributed by atoms with Crippen LogP contribution in [0.4, 0.5) is 0 Å². The molecule has 0 rings (SSSR count). The van der Waals surface area contributed by atoms with Crippen molar-refractivity contribution < 1.29 is 9.53 Å². The summed E-state index contributed by atoms with van der Waals surface area (Å²) in [5, 5.41) is 0. The molecule has 0 fully saturated rings.